The molecule has 0 spiro atoms. The molecule has 1 saturated carbocycles. The maximum atomic E-state index is 12.2. The Morgan fingerprint density at radius 2 is 2.00 bits per heavy atom. The number of ether oxygens (including phenoxy) is 2. The quantitative estimate of drug-likeness (QED) is 0.721. The minimum absolute atomic E-state index is 0.0384. The molecule has 2 aromatic rings. The summed E-state index contributed by atoms with van der Waals surface area (Å²) in [5.41, 5.74) is 3.30. The monoisotopic (exact) mass is 391 g/mol. The summed E-state index contributed by atoms with van der Waals surface area (Å²) >= 11 is 0. The number of Topliss-reactive ketones (excluding diaryl/α,β-unsaturated/α-hetero) is 1. The van der Waals surface area contributed by atoms with E-state index in [0.717, 1.165) is 36.3 Å². The molecule has 1 aliphatic heterocycles. The van der Waals surface area contributed by atoms with Crippen molar-refractivity contribution in [3.8, 4) is 11.5 Å². The molecule has 4 nitrogen and oxygen atoms in total. The second-order valence-corrected chi connectivity index (χ2v) is 8.18. The van der Waals surface area contributed by atoms with Crippen LogP contribution in [0.3, 0.4) is 0 Å². The molecule has 1 aliphatic carbocycles. The lowest BCUT2D eigenvalue weighted by Crippen LogP contribution is -2.46. The average molecular weight is 392 g/mol. The van der Waals surface area contributed by atoms with Crippen molar-refractivity contribution >= 4 is 11.9 Å². The summed E-state index contributed by atoms with van der Waals surface area (Å²) in [5.74, 6) is 1.82. The predicted octanol–water partition coefficient (Wildman–Crippen LogP) is 4.61. The molecule has 2 aromatic carbocycles. The summed E-state index contributed by atoms with van der Waals surface area (Å²) in [7, 11) is 3.80. The molecule has 2 aliphatic rings. The van der Waals surface area contributed by atoms with Crippen LogP contribution in [0.2, 0.25) is 0 Å². The minimum atomic E-state index is -0.0384. The number of rotatable bonds is 6. The Kier molecular flexibility index (Phi) is 5.46. The number of hydrogen-bond donors (Lipinski definition) is 0. The van der Waals surface area contributed by atoms with Gasteiger partial charge in [0.2, 0.25) is 0 Å². The largest absolute Gasteiger partial charge is 0.493 e. The summed E-state index contributed by atoms with van der Waals surface area (Å²) in [4.78, 5) is 14.6. The standard InChI is InChI=1S/C25H29NO3/c1-4-20-21(25-13-12-19(27)16-23(25)26(2)15-14-25)10-11-22(28-3)24(20)29-17-18-8-6-5-7-9-18/h4-11,23H,1,12-17H2,2-3H3/t23-,25-/m0/s1. The fourth-order valence-corrected chi connectivity index (χ4v) is 5.15. The molecule has 4 rings (SSSR count). The molecule has 1 saturated heterocycles. The molecule has 0 radical (unpaired) electrons. The van der Waals surface area contributed by atoms with Crippen molar-refractivity contribution < 1.29 is 14.3 Å². The highest BCUT2D eigenvalue weighted by molar-refractivity contribution is 5.81. The first-order valence-corrected chi connectivity index (χ1v) is 10.3. The molecule has 2 fully saturated rings. The van der Waals surface area contributed by atoms with Crippen LogP contribution in [0.15, 0.2) is 49.0 Å². The summed E-state index contributed by atoms with van der Waals surface area (Å²) in [6.45, 7) is 5.58. The Morgan fingerprint density at radius 1 is 1.21 bits per heavy atom. The second kappa shape index (κ2) is 8.03. The molecule has 0 N–H and O–H groups in total. The van der Waals surface area contributed by atoms with Gasteiger partial charge in [0, 0.05) is 29.9 Å². The molecule has 1 heterocycles. The molecule has 4 heteroatoms. The number of nitrogens with zero attached hydrogens (tertiary/aromatic N) is 1. The van der Waals surface area contributed by atoms with Crippen LogP contribution >= 0.6 is 0 Å². The van der Waals surface area contributed by atoms with Crippen molar-refractivity contribution in [3.63, 3.8) is 0 Å². The molecule has 2 atom stereocenters. The second-order valence-electron chi connectivity index (χ2n) is 8.18. The van der Waals surface area contributed by atoms with Gasteiger partial charge in [-0.2, -0.15) is 0 Å². The molecular weight excluding hydrogens is 362 g/mol. The van der Waals surface area contributed by atoms with Gasteiger partial charge in [0.1, 0.15) is 12.4 Å². The molecule has 0 unspecified atom stereocenters. The zero-order chi connectivity index (χ0) is 20.4. The first-order chi connectivity index (χ1) is 14.1. The number of hydrogen-bond acceptors (Lipinski definition) is 4. The van der Waals surface area contributed by atoms with Crippen LogP contribution in [0.25, 0.3) is 6.08 Å². The summed E-state index contributed by atoms with van der Waals surface area (Å²) in [6, 6.07) is 14.5. The van der Waals surface area contributed by atoms with Gasteiger partial charge in [-0.25, -0.2) is 0 Å². The van der Waals surface area contributed by atoms with E-state index in [1.54, 1.807) is 7.11 Å². The van der Waals surface area contributed by atoms with Crippen molar-refractivity contribution in [3.05, 3.63) is 65.7 Å². The molecule has 0 aromatic heterocycles. The van der Waals surface area contributed by atoms with Crippen LogP contribution in [-0.2, 0) is 16.8 Å². The van der Waals surface area contributed by atoms with Crippen LogP contribution in [-0.4, -0.2) is 37.4 Å². The Hall–Kier alpha value is -2.59. The third kappa shape index (κ3) is 3.46. The Labute approximate surface area is 173 Å². The van der Waals surface area contributed by atoms with Gasteiger partial charge >= 0.3 is 0 Å². The highest BCUT2D eigenvalue weighted by Crippen LogP contribution is 2.51. The highest BCUT2D eigenvalue weighted by atomic mass is 16.5. The molecule has 152 valence electrons. The van der Waals surface area contributed by atoms with Gasteiger partial charge in [0.25, 0.3) is 0 Å². The van der Waals surface area contributed by atoms with E-state index in [1.807, 2.05) is 30.3 Å². The van der Waals surface area contributed by atoms with Gasteiger partial charge in [0.15, 0.2) is 11.5 Å². The number of likely N-dealkylation sites (N-methyl/N-ethyl adjacent to an activating group) is 1. The zero-order valence-electron chi connectivity index (χ0n) is 17.3. The van der Waals surface area contributed by atoms with Crippen molar-refractivity contribution in [1.29, 1.82) is 0 Å². The van der Waals surface area contributed by atoms with Crippen LogP contribution < -0.4 is 9.47 Å². The predicted molar refractivity (Wildman–Crippen MR) is 115 cm³/mol. The SMILES string of the molecule is C=Cc1c([C@@]23CCC(=O)C[C@@H]2N(C)CC3)ccc(OC)c1OCc1ccccc1. The van der Waals surface area contributed by atoms with Crippen LogP contribution in [0.1, 0.15) is 42.4 Å². The van der Waals surface area contributed by atoms with Gasteiger partial charge in [-0.05, 0) is 43.6 Å². The fourth-order valence-electron chi connectivity index (χ4n) is 5.15. The van der Waals surface area contributed by atoms with E-state index >= 15 is 0 Å². The number of methoxy groups -OCH3 is 1. The lowest BCUT2D eigenvalue weighted by molar-refractivity contribution is -0.122. The van der Waals surface area contributed by atoms with E-state index in [4.69, 9.17) is 9.47 Å². The molecule has 0 bridgehead atoms. The summed E-state index contributed by atoms with van der Waals surface area (Å²) < 4.78 is 11.9. The first kappa shape index (κ1) is 19.7. The van der Waals surface area contributed by atoms with Crippen molar-refractivity contribution in [2.75, 3.05) is 20.7 Å². The Morgan fingerprint density at radius 3 is 2.72 bits per heavy atom. The van der Waals surface area contributed by atoms with Gasteiger partial charge in [-0.3, -0.25) is 4.79 Å². The van der Waals surface area contributed by atoms with Crippen molar-refractivity contribution in [2.24, 2.45) is 0 Å². The van der Waals surface area contributed by atoms with Crippen LogP contribution in [0, 0.1) is 0 Å². The molecular formula is C25H29NO3. The zero-order valence-corrected chi connectivity index (χ0v) is 17.3. The average Bonchev–Trinajstić information content (AvgIpc) is 3.09. The highest BCUT2D eigenvalue weighted by Gasteiger charge is 2.51. The number of carbonyl (C=O) groups is 1. The van der Waals surface area contributed by atoms with Crippen molar-refractivity contribution in [2.45, 2.75) is 43.7 Å². The summed E-state index contributed by atoms with van der Waals surface area (Å²) in [5, 5.41) is 0. The number of likely N-dealkylation sites (tertiary alicyclic amines) is 1. The third-order valence-electron chi connectivity index (χ3n) is 6.70. The van der Waals surface area contributed by atoms with E-state index < -0.39 is 0 Å². The topological polar surface area (TPSA) is 38.8 Å². The number of fused-ring (bicyclic) bond motifs is 1. The van der Waals surface area contributed by atoms with Gasteiger partial charge < -0.3 is 14.4 Å². The number of benzene rings is 2. The molecule has 29 heavy (non-hydrogen) atoms. The van der Waals surface area contributed by atoms with Gasteiger partial charge in [-0.15, -0.1) is 0 Å². The van der Waals surface area contributed by atoms with E-state index in [9.17, 15) is 4.79 Å². The van der Waals surface area contributed by atoms with Crippen LogP contribution in [0.4, 0.5) is 0 Å². The van der Waals surface area contributed by atoms with Crippen LogP contribution in [0.5, 0.6) is 11.5 Å². The lowest BCUT2D eigenvalue weighted by atomic mass is 9.64. The minimum Gasteiger partial charge on any atom is -0.493 e. The number of carbonyl (C=O) groups excluding carboxylic acids is 1. The summed E-state index contributed by atoms with van der Waals surface area (Å²) in [6.07, 6.45) is 5.09. The Bertz CT molecular complexity index is 908. The lowest BCUT2D eigenvalue weighted by Gasteiger charge is -2.42. The van der Waals surface area contributed by atoms with Gasteiger partial charge in [-0.1, -0.05) is 49.1 Å². The smallest absolute Gasteiger partial charge is 0.169 e. The van der Waals surface area contributed by atoms with Gasteiger partial charge in [0.05, 0.1) is 7.11 Å². The molecule has 0 amide bonds. The van der Waals surface area contributed by atoms with Crippen molar-refractivity contribution in [1.82, 2.24) is 4.90 Å². The van der Waals surface area contributed by atoms with E-state index in [1.165, 1.54) is 5.56 Å². The normalized spacial score (nSPS) is 24.2. The Balaban J connectivity index is 1.76. The van der Waals surface area contributed by atoms with E-state index in [0.29, 0.717) is 31.0 Å². The third-order valence-corrected chi connectivity index (χ3v) is 6.70. The first-order valence-electron chi connectivity index (χ1n) is 10.3. The maximum absolute atomic E-state index is 12.2. The number of ketones is 1. The maximum Gasteiger partial charge on any atom is 0.169 e. The van der Waals surface area contributed by atoms with E-state index in [2.05, 4.69) is 36.7 Å². The fraction of sp³-hybridized carbons (Fsp3) is 0.400. The van der Waals surface area contributed by atoms with E-state index in [-0.39, 0.29) is 11.5 Å².